The molecule has 17 heavy (non-hydrogen) atoms. The molecule has 0 radical (unpaired) electrons. The highest BCUT2D eigenvalue weighted by Crippen LogP contribution is 2.32. The Morgan fingerprint density at radius 2 is 1.88 bits per heavy atom. The second-order valence-corrected chi connectivity index (χ2v) is 4.01. The van der Waals surface area contributed by atoms with Gasteiger partial charge in [-0.25, -0.2) is 0 Å². The highest BCUT2D eigenvalue weighted by molar-refractivity contribution is 5.39. The van der Waals surface area contributed by atoms with Crippen LogP contribution >= 0.6 is 0 Å². The Bertz CT molecular complexity index is 373. The van der Waals surface area contributed by atoms with Crippen molar-refractivity contribution in [3.8, 4) is 5.75 Å². The van der Waals surface area contributed by atoms with Crippen molar-refractivity contribution < 1.29 is 22.6 Å². The van der Waals surface area contributed by atoms with Crippen molar-refractivity contribution in [2.75, 3.05) is 7.11 Å². The molecule has 0 heterocycles. The maximum Gasteiger partial charge on any atom is 0.573 e. The minimum atomic E-state index is -4.66. The lowest BCUT2D eigenvalue weighted by Crippen LogP contribution is -2.18. The van der Waals surface area contributed by atoms with Gasteiger partial charge in [-0.1, -0.05) is 19.9 Å². The second kappa shape index (κ2) is 5.40. The van der Waals surface area contributed by atoms with Crippen LogP contribution in [0.3, 0.4) is 0 Å². The van der Waals surface area contributed by atoms with E-state index in [1.54, 1.807) is 12.1 Å². The van der Waals surface area contributed by atoms with E-state index in [0.717, 1.165) is 5.56 Å². The SMILES string of the molecule is COCc1ccc(OC(F)(F)F)c(C(C)C)c1. The molecule has 0 saturated heterocycles. The fourth-order valence-electron chi connectivity index (χ4n) is 1.52. The van der Waals surface area contributed by atoms with Crippen LogP contribution in [0, 0.1) is 0 Å². The number of rotatable bonds is 4. The molecule has 0 unspecified atom stereocenters. The van der Waals surface area contributed by atoms with E-state index in [1.807, 2.05) is 13.8 Å². The molecule has 2 nitrogen and oxygen atoms in total. The maximum absolute atomic E-state index is 12.2. The molecule has 0 bridgehead atoms. The monoisotopic (exact) mass is 248 g/mol. The van der Waals surface area contributed by atoms with Crippen molar-refractivity contribution >= 4 is 0 Å². The van der Waals surface area contributed by atoms with Crippen molar-refractivity contribution in [3.05, 3.63) is 29.3 Å². The number of benzene rings is 1. The molecular weight excluding hydrogens is 233 g/mol. The third-order valence-corrected chi connectivity index (χ3v) is 2.23. The zero-order chi connectivity index (χ0) is 13.1. The number of methoxy groups -OCH3 is 1. The van der Waals surface area contributed by atoms with E-state index in [-0.39, 0.29) is 11.7 Å². The van der Waals surface area contributed by atoms with E-state index in [1.165, 1.54) is 13.2 Å². The molecule has 1 rings (SSSR count). The lowest BCUT2D eigenvalue weighted by molar-refractivity contribution is -0.274. The summed E-state index contributed by atoms with van der Waals surface area (Å²) in [6, 6.07) is 4.57. The second-order valence-electron chi connectivity index (χ2n) is 4.01. The first kappa shape index (κ1) is 13.8. The molecule has 5 heteroatoms. The van der Waals surface area contributed by atoms with Gasteiger partial charge in [0.1, 0.15) is 5.75 Å². The van der Waals surface area contributed by atoms with Crippen LogP contribution in [-0.4, -0.2) is 13.5 Å². The summed E-state index contributed by atoms with van der Waals surface area (Å²) in [7, 11) is 1.54. The average molecular weight is 248 g/mol. The molecule has 0 saturated carbocycles. The molecule has 1 aromatic rings. The fraction of sp³-hybridized carbons (Fsp3) is 0.500. The van der Waals surface area contributed by atoms with Crippen molar-refractivity contribution in [3.63, 3.8) is 0 Å². The van der Waals surface area contributed by atoms with Crippen molar-refractivity contribution in [2.45, 2.75) is 32.7 Å². The Morgan fingerprint density at radius 3 is 2.35 bits per heavy atom. The van der Waals surface area contributed by atoms with Crippen LogP contribution in [0.25, 0.3) is 0 Å². The van der Waals surface area contributed by atoms with E-state index in [4.69, 9.17) is 4.74 Å². The van der Waals surface area contributed by atoms with Gasteiger partial charge in [-0.3, -0.25) is 0 Å². The molecule has 0 aliphatic rings. The zero-order valence-electron chi connectivity index (χ0n) is 9.97. The van der Waals surface area contributed by atoms with Gasteiger partial charge in [0.25, 0.3) is 0 Å². The van der Waals surface area contributed by atoms with Gasteiger partial charge in [-0.15, -0.1) is 13.2 Å². The molecule has 0 N–H and O–H groups in total. The summed E-state index contributed by atoms with van der Waals surface area (Å²) in [5.74, 6) is -0.198. The van der Waals surface area contributed by atoms with Crippen molar-refractivity contribution in [1.29, 1.82) is 0 Å². The van der Waals surface area contributed by atoms with Gasteiger partial charge in [-0.05, 0) is 29.2 Å². The van der Waals surface area contributed by atoms with Crippen LogP contribution in [-0.2, 0) is 11.3 Å². The van der Waals surface area contributed by atoms with E-state index in [0.29, 0.717) is 12.2 Å². The number of ether oxygens (including phenoxy) is 2. The summed E-state index contributed by atoms with van der Waals surface area (Å²) in [5.41, 5.74) is 1.35. The molecule has 0 spiro atoms. The Labute approximate surface area is 98.3 Å². The highest BCUT2D eigenvalue weighted by Gasteiger charge is 2.32. The molecule has 1 aromatic carbocycles. The van der Waals surface area contributed by atoms with E-state index in [9.17, 15) is 13.2 Å². The Kier molecular flexibility index (Phi) is 4.40. The molecule has 0 aromatic heterocycles. The Balaban J connectivity index is 3.04. The highest BCUT2D eigenvalue weighted by atomic mass is 19.4. The topological polar surface area (TPSA) is 18.5 Å². The predicted molar refractivity (Wildman–Crippen MR) is 57.9 cm³/mol. The average Bonchev–Trinajstić information content (AvgIpc) is 2.18. The van der Waals surface area contributed by atoms with Crippen molar-refractivity contribution in [1.82, 2.24) is 0 Å². The van der Waals surface area contributed by atoms with Gasteiger partial charge in [0.05, 0.1) is 6.61 Å². The van der Waals surface area contributed by atoms with E-state index in [2.05, 4.69) is 4.74 Å². The molecule has 0 aliphatic carbocycles. The van der Waals surface area contributed by atoms with Gasteiger partial charge in [0.2, 0.25) is 0 Å². The van der Waals surface area contributed by atoms with Crippen LogP contribution in [0.4, 0.5) is 13.2 Å². The van der Waals surface area contributed by atoms with Crippen LogP contribution in [0.1, 0.15) is 30.9 Å². The number of hydrogen-bond acceptors (Lipinski definition) is 2. The Hall–Kier alpha value is -1.23. The summed E-state index contributed by atoms with van der Waals surface area (Å²) in [6.45, 7) is 4.00. The largest absolute Gasteiger partial charge is 0.573 e. The summed E-state index contributed by atoms with van der Waals surface area (Å²) in [6.07, 6.45) is -4.66. The lowest BCUT2D eigenvalue weighted by atomic mass is 10.00. The van der Waals surface area contributed by atoms with Gasteiger partial charge >= 0.3 is 6.36 Å². The minimum absolute atomic E-state index is 0.0517. The Morgan fingerprint density at radius 1 is 1.24 bits per heavy atom. The molecule has 0 fully saturated rings. The van der Waals surface area contributed by atoms with Crippen LogP contribution in [0.5, 0.6) is 5.75 Å². The van der Waals surface area contributed by atoms with Gasteiger partial charge in [-0.2, -0.15) is 0 Å². The predicted octanol–water partition coefficient (Wildman–Crippen LogP) is 3.86. The fourth-order valence-corrected chi connectivity index (χ4v) is 1.52. The first-order chi connectivity index (χ1) is 7.83. The number of alkyl halides is 3. The summed E-state index contributed by atoms with van der Waals surface area (Å²) in [5, 5.41) is 0. The van der Waals surface area contributed by atoms with Gasteiger partial charge in [0, 0.05) is 7.11 Å². The van der Waals surface area contributed by atoms with Crippen LogP contribution in [0.15, 0.2) is 18.2 Å². The summed E-state index contributed by atoms with van der Waals surface area (Å²) in [4.78, 5) is 0. The first-order valence-corrected chi connectivity index (χ1v) is 5.21. The standard InChI is InChI=1S/C12H15F3O2/c1-8(2)10-6-9(7-16-3)4-5-11(10)17-12(13,14)15/h4-6,8H,7H2,1-3H3. The molecule has 96 valence electrons. The zero-order valence-corrected chi connectivity index (χ0v) is 9.97. The lowest BCUT2D eigenvalue weighted by Gasteiger charge is -2.16. The third kappa shape index (κ3) is 4.26. The number of hydrogen-bond donors (Lipinski definition) is 0. The van der Waals surface area contributed by atoms with Gasteiger partial charge < -0.3 is 9.47 Å². The quantitative estimate of drug-likeness (QED) is 0.805. The number of halogens is 3. The molecule has 0 aliphatic heterocycles. The molecule has 0 amide bonds. The summed E-state index contributed by atoms with van der Waals surface area (Å²) < 4.78 is 45.5. The summed E-state index contributed by atoms with van der Waals surface area (Å²) >= 11 is 0. The van der Waals surface area contributed by atoms with Crippen LogP contribution < -0.4 is 4.74 Å². The smallest absolute Gasteiger partial charge is 0.405 e. The third-order valence-electron chi connectivity index (χ3n) is 2.23. The van der Waals surface area contributed by atoms with E-state index >= 15 is 0 Å². The van der Waals surface area contributed by atoms with Gasteiger partial charge in [0.15, 0.2) is 0 Å². The van der Waals surface area contributed by atoms with E-state index < -0.39 is 6.36 Å². The maximum atomic E-state index is 12.2. The van der Waals surface area contributed by atoms with Crippen molar-refractivity contribution in [2.24, 2.45) is 0 Å². The normalized spacial score (nSPS) is 11.9. The van der Waals surface area contributed by atoms with Crippen LogP contribution in [0.2, 0.25) is 0 Å². The minimum Gasteiger partial charge on any atom is -0.405 e. The first-order valence-electron chi connectivity index (χ1n) is 5.21. The molecular formula is C12H15F3O2. The molecule has 0 atom stereocenters.